The fraction of sp³-hybridized carbons (Fsp3) is 0.143. The van der Waals surface area contributed by atoms with Gasteiger partial charge in [-0.05, 0) is 31.2 Å². The number of hydrogen-bond donors (Lipinski definition) is 1. The van der Waals surface area contributed by atoms with Crippen molar-refractivity contribution in [1.29, 1.82) is 0 Å². The Morgan fingerprint density at radius 1 is 1.10 bits per heavy atom. The van der Waals surface area contributed by atoms with E-state index in [0.29, 0.717) is 16.8 Å². The number of hydrogen-bond acceptors (Lipinski definition) is 5. The van der Waals surface area contributed by atoms with Gasteiger partial charge in [-0.15, -0.1) is 0 Å². The molecule has 4 aromatic rings. The molecule has 2 aromatic heterocycles. The zero-order chi connectivity index (χ0) is 21.0. The lowest BCUT2D eigenvalue weighted by molar-refractivity contribution is -0.121. The number of nitrogens with one attached hydrogen (secondary N) is 1. The average molecular weight is 406 g/mol. The first kappa shape index (κ1) is 18.0. The van der Waals surface area contributed by atoms with Gasteiger partial charge in [0.2, 0.25) is 11.8 Å². The second-order valence-corrected chi connectivity index (χ2v) is 7.03. The Kier molecular flexibility index (Phi) is 3.92. The zero-order valence-corrected chi connectivity index (χ0v) is 15.8. The van der Waals surface area contributed by atoms with Gasteiger partial charge < -0.3 is 4.42 Å². The van der Waals surface area contributed by atoms with E-state index in [0.717, 1.165) is 9.58 Å². The third-order valence-corrected chi connectivity index (χ3v) is 5.18. The highest BCUT2D eigenvalue weighted by Crippen LogP contribution is 2.34. The minimum absolute atomic E-state index is 0.0262. The number of H-pyrrole nitrogens is 1. The van der Waals surface area contributed by atoms with Gasteiger partial charge in [0.1, 0.15) is 11.3 Å². The summed E-state index contributed by atoms with van der Waals surface area (Å²) in [7, 11) is 0. The van der Waals surface area contributed by atoms with E-state index in [1.54, 1.807) is 31.2 Å². The summed E-state index contributed by atoms with van der Waals surface area (Å²) in [5.74, 6) is -2.92. The van der Waals surface area contributed by atoms with Gasteiger partial charge in [-0.3, -0.25) is 19.5 Å². The number of para-hydroxylation sites is 3. The molecular weight excluding hydrogens is 391 g/mol. The predicted octanol–water partition coefficient (Wildman–Crippen LogP) is 2.80. The normalized spacial score (nSPS) is 16.7. The highest BCUT2D eigenvalue weighted by Gasteiger charge is 2.44. The monoisotopic (exact) mass is 406 g/mol. The number of halogens is 1. The van der Waals surface area contributed by atoms with Gasteiger partial charge in [0.05, 0.1) is 17.2 Å². The van der Waals surface area contributed by atoms with Crippen LogP contribution in [0, 0.1) is 12.7 Å². The van der Waals surface area contributed by atoms with Crippen molar-refractivity contribution in [3.8, 4) is 6.01 Å². The van der Waals surface area contributed by atoms with Crippen LogP contribution in [0.4, 0.5) is 10.1 Å². The standard InChI is InChI=1S/C21H15FN4O4/c1-11-18(12-10-17(27)25(19(12)28)15-8-4-2-6-13(15)22)20(29)26(24-11)21-23-14-7-3-5-9-16(14)30-21/h2-9,12,24H,10H2,1H3. The van der Waals surface area contributed by atoms with Crippen LogP contribution in [0.2, 0.25) is 0 Å². The molecule has 8 nitrogen and oxygen atoms in total. The molecule has 0 saturated carbocycles. The number of aromatic nitrogens is 3. The number of anilines is 1. The Bertz CT molecular complexity index is 1350. The highest BCUT2D eigenvalue weighted by atomic mass is 19.1. The molecule has 0 bridgehead atoms. The molecule has 1 N–H and O–H groups in total. The fourth-order valence-electron chi connectivity index (χ4n) is 3.80. The van der Waals surface area contributed by atoms with Crippen LogP contribution >= 0.6 is 0 Å². The summed E-state index contributed by atoms with van der Waals surface area (Å²) in [6.45, 7) is 1.62. The minimum atomic E-state index is -1.02. The van der Waals surface area contributed by atoms with Crippen LogP contribution in [0.5, 0.6) is 0 Å². The van der Waals surface area contributed by atoms with Crippen molar-refractivity contribution in [3.05, 3.63) is 76.0 Å². The molecule has 3 heterocycles. The van der Waals surface area contributed by atoms with Gasteiger partial charge in [0.25, 0.3) is 5.56 Å². The largest absolute Gasteiger partial charge is 0.422 e. The maximum atomic E-state index is 14.2. The number of rotatable bonds is 3. The first-order valence-corrected chi connectivity index (χ1v) is 9.24. The molecular formula is C21H15FN4O4. The van der Waals surface area contributed by atoms with Gasteiger partial charge in [0, 0.05) is 12.1 Å². The maximum absolute atomic E-state index is 14.2. The number of carbonyl (C=O) groups excluding carboxylic acids is 2. The Labute approximate surface area is 168 Å². The van der Waals surface area contributed by atoms with Crippen molar-refractivity contribution >= 4 is 28.6 Å². The zero-order valence-electron chi connectivity index (χ0n) is 15.8. The summed E-state index contributed by atoms with van der Waals surface area (Å²) in [4.78, 5) is 43.7. The Balaban J connectivity index is 1.57. The molecule has 1 saturated heterocycles. The number of amides is 2. The SMILES string of the molecule is Cc1[nH]n(-c2nc3ccccc3o2)c(=O)c1C1CC(=O)N(c2ccccc2F)C1=O. The molecule has 1 aliphatic heterocycles. The topological polar surface area (TPSA) is 101 Å². The van der Waals surface area contributed by atoms with E-state index < -0.39 is 29.1 Å². The van der Waals surface area contributed by atoms with Crippen LogP contribution < -0.4 is 10.5 Å². The summed E-state index contributed by atoms with van der Waals surface area (Å²) < 4.78 is 20.9. The van der Waals surface area contributed by atoms with E-state index in [1.165, 1.54) is 24.3 Å². The van der Waals surface area contributed by atoms with Gasteiger partial charge in [0.15, 0.2) is 5.58 Å². The van der Waals surface area contributed by atoms with E-state index in [2.05, 4.69) is 10.1 Å². The van der Waals surface area contributed by atoms with Crippen LogP contribution in [0.3, 0.4) is 0 Å². The van der Waals surface area contributed by atoms with Crippen LogP contribution in [-0.2, 0) is 9.59 Å². The van der Waals surface area contributed by atoms with Crippen LogP contribution in [-0.4, -0.2) is 26.6 Å². The lowest BCUT2D eigenvalue weighted by atomic mass is 9.98. The summed E-state index contributed by atoms with van der Waals surface area (Å²) in [6, 6.07) is 12.6. The summed E-state index contributed by atoms with van der Waals surface area (Å²) in [5.41, 5.74) is 0.957. The van der Waals surface area contributed by atoms with Crippen molar-refractivity contribution in [2.45, 2.75) is 19.3 Å². The number of aryl methyl sites for hydroxylation is 1. The third kappa shape index (κ3) is 2.59. The molecule has 1 atom stereocenters. The van der Waals surface area contributed by atoms with Gasteiger partial charge >= 0.3 is 6.01 Å². The first-order chi connectivity index (χ1) is 14.5. The summed E-state index contributed by atoms with van der Waals surface area (Å²) in [5, 5.41) is 2.86. The molecule has 0 radical (unpaired) electrons. The Morgan fingerprint density at radius 2 is 1.83 bits per heavy atom. The fourth-order valence-corrected chi connectivity index (χ4v) is 3.80. The van der Waals surface area contributed by atoms with Crippen LogP contribution in [0.1, 0.15) is 23.6 Å². The molecule has 5 rings (SSSR count). The van der Waals surface area contributed by atoms with E-state index >= 15 is 0 Å². The molecule has 30 heavy (non-hydrogen) atoms. The number of oxazole rings is 1. The molecule has 0 aliphatic carbocycles. The van der Waals surface area contributed by atoms with E-state index in [9.17, 15) is 18.8 Å². The van der Waals surface area contributed by atoms with Gasteiger partial charge in [-0.1, -0.05) is 24.3 Å². The first-order valence-electron chi connectivity index (χ1n) is 9.24. The quantitative estimate of drug-likeness (QED) is 0.527. The van der Waals surface area contributed by atoms with Crippen LogP contribution in [0.25, 0.3) is 17.1 Å². The average Bonchev–Trinajstić information content (AvgIpc) is 3.36. The Morgan fingerprint density at radius 3 is 2.60 bits per heavy atom. The molecule has 0 spiro atoms. The van der Waals surface area contributed by atoms with Crippen molar-refractivity contribution in [1.82, 2.24) is 14.8 Å². The van der Waals surface area contributed by atoms with Crippen molar-refractivity contribution in [2.75, 3.05) is 4.90 Å². The van der Waals surface area contributed by atoms with Crippen molar-refractivity contribution < 1.29 is 18.4 Å². The molecule has 1 aliphatic rings. The number of carbonyl (C=O) groups is 2. The molecule has 2 amide bonds. The van der Waals surface area contributed by atoms with E-state index in [-0.39, 0.29) is 23.7 Å². The highest BCUT2D eigenvalue weighted by molar-refractivity contribution is 6.22. The van der Waals surface area contributed by atoms with Crippen LogP contribution in [0.15, 0.2) is 57.7 Å². The maximum Gasteiger partial charge on any atom is 0.325 e. The Hall–Kier alpha value is -4.01. The molecule has 2 aromatic carbocycles. The number of benzene rings is 2. The number of nitrogens with zero attached hydrogens (tertiary/aromatic N) is 3. The smallest absolute Gasteiger partial charge is 0.325 e. The second kappa shape index (κ2) is 6.51. The van der Waals surface area contributed by atoms with Crippen molar-refractivity contribution in [2.24, 2.45) is 0 Å². The lowest BCUT2D eigenvalue weighted by Gasteiger charge is -2.15. The predicted molar refractivity (Wildman–Crippen MR) is 105 cm³/mol. The number of aromatic amines is 1. The van der Waals surface area contributed by atoms with E-state index in [4.69, 9.17) is 4.42 Å². The number of fused-ring (bicyclic) bond motifs is 1. The lowest BCUT2D eigenvalue weighted by Crippen LogP contribution is -2.32. The van der Waals surface area contributed by atoms with E-state index in [1.807, 2.05) is 0 Å². The summed E-state index contributed by atoms with van der Waals surface area (Å²) in [6.07, 6.45) is -0.228. The van der Waals surface area contributed by atoms with Gasteiger partial charge in [-0.2, -0.15) is 9.67 Å². The molecule has 9 heteroatoms. The van der Waals surface area contributed by atoms with Gasteiger partial charge in [-0.25, -0.2) is 9.29 Å². The third-order valence-electron chi connectivity index (χ3n) is 5.18. The molecule has 1 fully saturated rings. The molecule has 1 unspecified atom stereocenters. The minimum Gasteiger partial charge on any atom is -0.422 e. The second-order valence-electron chi connectivity index (χ2n) is 7.03. The number of imide groups is 1. The van der Waals surface area contributed by atoms with Crippen molar-refractivity contribution in [3.63, 3.8) is 0 Å². The molecule has 150 valence electrons. The summed E-state index contributed by atoms with van der Waals surface area (Å²) >= 11 is 0.